The van der Waals surface area contributed by atoms with Crippen molar-refractivity contribution >= 4 is 63.6 Å². The Kier molecular flexibility index (Phi) is 12.6. The first kappa shape index (κ1) is 44.3. The fraction of sp³-hybridized carbons (Fsp3) is 0.512. The van der Waals surface area contributed by atoms with Crippen molar-refractivity contribution in [1.29, 1.82) is 0 Å². The SMILES string of the molecule is Cc1c(N2CCC(CN)C2)c(F)cc2cc(C(=O)O)c(=O)n(C3CC3)c12.Cc1c(N2CCC(CNC(=O)OC(C)(C)C)C2)c(F)cc2cc(C(=O)O)c(=O)n(C3CC3)c12.Cl. The number of halogens is 3. The van der Waals surface area contributed by atoms with Crippen molar-refractivity contribution < 1.29 is 38.1 Å². The maximum absolute atomic E-state index is 15.3. The van der Waals surface area contributed by atoms with E-state index in [4.69, 9.17) is 10.5 Å². The van der Waals surface area contributed by atoms with E-state index in [2.05, 4.69) is 5.32 Å². The summed E-state index contributed by atoms with van der Waals surface area (Å²) in [4.78, 5) is 64.5. The van der Waals surface area contributed by atoms with Gasteiger partial charge in [0.15, 0.2) is 0 Å². The van der Waals surface area contributed by atoms with E-state index in [1.165, 1.54) is 28.8 Å². The molecule has 2 saturated heterocycles. The number of hydrogen-bond donors (Lipinski definition) is 4. The van der Waals surface area contributed by atoms with Gasteiger partial charge < -0.3 is 44.9 Å². The summed E-state index contributed by atoms with van der Waals surface area (Å²) in [5.41, 5.74) is 7.00. The summed E-state index contributed by atoms with van der Waals surface area (Å²) >= 11 is 0. The van der Waals surface area contributed by atoms with E-state index in [0.29, 0.717) is 82.9 Å². The average Bonchev–Trinajstić information content (AvgIpc) is 4.08. The number of aryl methyl sites for hydroxylation is 2. The van der Waals surface area contributed by atoms with Crippen LogP contribution in [0.15, 0.2) is 33.9 Å². The molecule has 0 radical (unpaired) electrons. The Morgan fingerprint density at radius 2 is 1.17 bits per heavy atom. The first-order chi connectivity index (χ1) is 27.9. The number of benzene rings is 2. The minimum atomic E-state index is -1.31. The number of hydrogen-bond acceptors (Lipinski definition) is 9. The number of anilines is 2. The number of nitrogens with two attached hydrogens (primary N) is 1. The lowest BCUT2D eigenvalue weighted by Gasteiger charge is -2.24. The number of amides is 1. The molecule has 0 spiro atoms. The largest absolute Gasteiger partial charge is 0.477 e. The van der Waals surface area contributed by atoms with Gasteiger partial charge in [-0.2, -0.15) is 0 Å². The molecule has 14 nitrogen and oxygen atoms in total. The minimum Gasteiger partial charge on any atom is -0.477 e. The Morgan fingerprint density at radius 1 is 0.750 bits per heavy atom. The van der Waals surface area contributed by atoms with Crippen LogP contribution in [0, 0.1) is 37.3 Å². The molecule has 324 valence electrons. The van der Waals surface area contributed by atoms with Crippen LogP contribution in [0.4, 0.5) is 25.0 Å². The Bertz CT molecular complexity index is 2490. The summed E-state index contributed by atoms with van der Waals surface area (Å²) in [5.74, 6) is -2.95. The van der Waals surface area contributed by atoms with Crippen molar-refractivity contribution in [3.8, 4) is 0 Å². The van der Waals surface area contributed by atoms with Crippen molar-refractivity contribution in [1.82, 2.24) is 14.5 Å². The summed E-state index contributed by atoms with van der Waals surface area (Å²) in [6.45, 7) is 12.6. The normalized spacial score (nSPS) is 18.9. The van der Waals surface area contributed by atoms with E-state index in [0.717, 1.165) is 45.1 Å². The topological polar surface area (TPSA) is 189 Å². The number of rotatable bonds is 9. The summed E-state index contributed by atoms with van der Waals surface area (Å²) in [6, 6.07) is 5.20. The third-order valence-corrected chi connectivity index (χ3v) is 11.7. The van der Waals surface area contributed by atoms with Crippen LogP contribution >= 0.6 is 12.4 Å². The number of carboxylic acid groups (broad SMARTS) is 2. The number of pyridine rings is 2. The fourth-order valence-corrected chi connectivity index (χ4v) is 8.74. The maximum Gasteiger partial charge on any atom is 0.407 e. The number of aromatic carboxylic acids is 2. The number of carbonyl (C=O) groups excluding carboxylic acids is 1. The maximum atomic E-state index is 15.3. The van der Waals surface area contributed by atoms with Gasteiger partial charge in [-0.3, -0.25) is 9.59 Å². The molecule has 4 aliphatic rings. The number of nitrogens with one attached hydrogen (secondary N) is 1. The Hall–Kier alpha value is -5.22. The molecule has 2 aliphatic heterocycles. The molecule has 0 bridgehead atoms. The van der Waals surface area contributed by atoms with Gasteiger partial charge in [-0.15, -0.1) is 12.4 Å². The number of aromatic nitrogens is 2. The second kappa shape index (κ2) is 17.0. The van der Waals surface area contributed by atoms with Gasteiger partial charge in [0, 0.05) is 55.6 Å². The van der Waals surface area contributed by atoms with Crippen molar-refractivity contribution in [2.24, 2.45) is 17.6 Å². The monoisotopic (exact) mass is 854 g/mol. The van der Waals surface area contributed by atoms with E-state index in [1.54, 1.807) is 32.3 Å². The minimum absolute atomic E-state index is 0. The zero-order valence-electron chi connectivity index (χ0n) is 34.5. The van der Waals surface area contributed by atoms with Gasteiger partial charge in [-0.05, 0) is 127 Å². The lowest BCUT2D eigenvalue weighted by Crippen LogP contribution is -2.36. The van der Waals surface area contributed by atoms with Crippen molar-refractivity contribution in [3.05, 3.63) is 78.9 Å². The van der Waals surface area contributed by atoms with E-state index < -0.39 is 40.6 Å². The van der Waals surface area contributed by atoms with Gasteiger partial charge in [0.05, 0.1) is 22.4 Å². The van der Waals surface area contributed by atoms with Crippen molar-refractivity contribution in [2.75, 3.05) is 49.1 Å². The third kappa shape index (κ3) is 8.80. The molecule has 2 aromatic carbocycles. The predicted octanol–water partition coefficient (Wildman–Crippen LogP) is 6.52. The smallest absolute Gasteiger partial charge is 0.407 e. The van der Waals surface area contributed by atoms with Crippen LogP contribution in [0.2, 0.25) is 0 Å². The van der Waals surface area contributed by atoms with Crippen molar-refractivity contribution in [2.45, 2.75) is 90.8 Å². The molecule has 2 aliphatic carbocycles. The molecule has 4 heterocycles. The Morgan fingerprint density at radius 3 is 1.53 bits per heavy atom. The number of alkyl carbamates (subject to hydrolysis) is 1. The quantitative estimate of drug-likeness (QED) is 0.143. The van der Waals surface area contributed by atoms with Crippen LogP contribution < -0.4 is 32.0 Å². The molecule has 5 N–H and O–H groups in total. The van der Waals surface area contributed by atoms with Crippen LogP contribution in [0.3, 0.4) is 0 Å². The lowest BCUT2D eigenvalue weighted by molar-refractivity contribution is 0.0519. The molecule has 2 unspecified atom stereocenters. The van der Waals surface area contributed by atoms with Gasteiger partial charge in [0.25, 0.3) is 11.1 Å². The van der Waals surface area contributed by atoms with Crippen LogP contribution in [0.25, 0.3) is 21.8 Å². The highest BCUT2D eigenvalue weighted by molar-refractivity contribution is 5.96. The Balaban J connectivity index is 0.000000203. The second-order valence-corrected chi connectivity index (χ2v) is 17.4. The van der Waals surface area contributed by atoms with Gasteiger partial charge in [0.2, 0.25) is 0 Å². The third-order valence-electron chi connectivity index (χ3n) is 11.7. The van der Waals surface area contributed by atoms with Crippen LogP contribution in [-0.4, -0.2) is 82.2 Å². The number of nitrogens with zero attached hydrogens (tertiary/aromatic N) is 4. The second-order valence-electron chi connectivity index (χ2n) is 17.4. The summed E-state index contributed by atoms with van der Waals surface area (Å²) in [5, 5.41) is 22.5. The zero-order chi connectivity index (χ0) is 42.7. The predicted molar refractivity (Wildman–Crippen MR) is 227 cm³/mol. The summed E-state index contributed by atoms with van der Waals surface area (Å²) in [6.07, 6.45) is 4.49. The standard InChI is InChI=1S/C24H30FN3O5.C19H22FN3O3.ClH/c1-13-19-15(9-17(22(30)31)21(29)28(19)16-5-6-16)10-18(25)20(13)27-8-7-14(12-27)11-26-23(32)33-24(2,3)4;1-10-16-12(6-14(19(25)26)18(24)23(16)13-2-3-13)7-15(20)17(10)22-5-4-11(8-21)9-22;/h9-10,14,16H,5-8,11-12H2,1-4H3,(H,26,32)(H,30,31);6-7,11,13H,2-5,8-9,21H2,1H3,(H,25,26);1H. The fourth-order valence-electron chi connectivity index (χ4n) is 8.74. The molecule has 1 amide bonds. The van der Waals surface area contributed by atoms with Crippen LogP contribution in [-0.2, 0) is 4.74 Å². The molecular weight excluding hydrogens is 802 g/mol. The van der Waals surface area contributed by atoms with E-state index in [1.807, 2.05) is 16.7 Å². The van der Waals surface area contributed by atoms with Crippen LogP contribution in [0.1, 0.15) is 103 Å². The summed E-state index contributed by atoms with van der Waals surface area (Å²) < 4.78 is 38.6. The first-order valence-electron chi connectivity index (χ1n) is 20.3. The van der Waals surface area contributed by atoms with Gasteiger partial charge in [-0.25, -0.2) is 23.2 Å². The molecular formula is C43H53ClF2N6O8. The van der Waals surface area contributed by atoms with Gasteiger partial charge in [0.1, 0.15) is 28.4 Å². The van der Waals surface area contributed by atoms with E-state index in [9.17, 15) is 38.6 Å². The molecule has 2 atom stereocenters. The molecule has 8 rings (SSSR count). The van der Waals surface area contributed by atoms with Gasteiger partial charge in [-0.1, -0.05) is 0 Å². The average molecular weight is 855 g/mol. The van der Waals surface area contributed by atoms with Gasteiger partial charge >= 0.3 is 18.0 Å². The summed E-state index contributed by atoms with van der Waals surface area (Å²) in [7, 11) is 0. The lowest BCUT2D eigenvalue weighted by atomic mass is 10.0. The van der Waals surface area contributed by atoms with Crippen molar-refractivity contribution in [3.63, 3.8) is 0 Å². The highest BCUT2D eigenvalue weighted by atomic mass is 35.5. The van der Waals surface area contributed by atoms with E-state index in [-0.39, 0.29) is 47.4 Å². The first-order valence-corrected chi connectivity index (χ1v) is 20.3. The van der Waals surface area contributed by atoms with E-state index >= 15 is 4.39 Å². The molecule has 60 heavy (non-hydrogen) atoms. The molecule has 4 aromatic rings. The Labute approximate surface area is 351 Å². The zero-order valence-corrected chi connectivity index (χ0v) is 35.3. The number of ether oxygens (including phenoxy) is 1. The highest BCUT2D eigenvalue weighted by Gasteiger charge is 2.34. The number of carboxylic acids is 2. The molecule has 2 aromatic heterocycles. The molecule has 17 heteroatoms. The number of fused-ring (bicyclic) bond motifs is 2. The number of carbonyl (C=O) groups is 3. The molecule has 2 saturated carbocycles. The highest BCUT2D eigenvalue weighted by Crippen LogP contribution is 2.42. The molecule has 4 fully saturated rings. The van der Waals surface area contributed by atoms with Crippen LogP contribution in [0.5, 0.6) is 0 Å².